The van der Waals surface area contributed by atoms with Crippen LogP contribution in [0.5, 0.6) is 0 Å². The SMILES string of the molecule is CC[C@@H](C)NC(=O)CSc1nnc2n(CCC(C)C)c(=O)c3ccccc3n12. The minimum Gasteiger partial charge on any atom is -0.353 e. The van der Waals surface area contributed by atoms with Gasteiger partial charge in [0.15, 0.2) is 5.16 Å². The fraction of sp³-hybridized carbons (Fsp3) is 0.500. The molecule has 7 nitrogen and oxygen atoms in total. The number of carbonyl (C=O) groups is 1. The Kier molecular flexibility index (Phi) is 6.39. The van der Waals surface area contributed by atoms with Crippen molar-refractivity contribution < 1.29 is 4.79 Å². The second-order valence-electron chi connectivity index (χ2n) is 7.44. The van der Waals surface area contributed by atoms with Gasteiger partial charge in [-0.25, -0.2) is 0 Å². The minimum absolute atomic E-state index is 0.0338. The lowest BCUT2D eigenvalue weighted by molar-refractivity contribution is -0.119. The average molecular weight is 402 g/mol. The molecule has 0 unspecified atom stereocenters. The number of aryl methyl sites for hydroxylation is 1. The summed E-state index contributed by atoms with van der Waals surface area (Å²) in [5.74, 6) is 1.21. The van der Waals surface area contributed by atoms with Crippen LogP contribution >= 0.6 is 11.8 Å². The molecular weight excluding hydrogens is 374 g/mol. The number of fused-ring (bicyclic) bond motifs is 3. The molecule has 28 heavy (non-hydrogen) atoms. The first-order valence-electron chi connectivity index (χ1n) is 9.71. The summed E-state index contributed by atoms with van der Waals surface area (Å²) in [6.07, 6.45) is 1.76. The van der Waals surface area contributed by atoms with Gasteiger partial charge >= 0.3 is 0 Å². The molecule has 0 spiro atoms. The number of carbonyl (C=O) groups excluding carboxylic acids is 1. The van der Waals surface area contributed by atoms with E-state index in [-0.39, 0.29) is 23.3 Å². The molecule has 3 rings (SSSR count). The fourth-order valence-electron chi connectivity index (χ4n) is 2.96. The maximum atomic E-state index is 13.0. The van der Waals surface area contributed by atoms with E-state index in [0.29, 0.717) is 28.8 Å². The van der Waals surface area contributed by atoms with Crippen LogP contribution in [0.25, 0.3) is 16.7 Å². The second-order valence-corrected chi connectivity index (χ2v) is 8.38. The average Bonchev–Trinajstić information content (AvgIpc) is 3.10. The van der Waals surface area contributed by atoms with E-state index in [4.69, 9.17) is 0 Å². The summed E-state index contributed by atoms with van der Waals surface area (Å²) < 4.78 is 3.58. The van der Waals surface area contributed by atoms with Crippen molar-refractivity contribution in [2.24, 2.45) is 5.92 Å². The van der Waals surface area contributed by atoms with Crippen molar-refractivity contribution in [2.45, 2.75) is 58.3 Å². The Morgan fingerprint density at radius 1 is 1.21 bits per heavy atom. The van der Waals surface area contributed by atoms with Crippen LogP contribution in [0.3, 0.4) is 0 Å². The van der Waals surface area contributed by atoms with E-state index in [2.05, 4.69) is 29.4 Å². The van der Waals surface area contributed by atoms with Gasteiger partial charge in [0, 0.05) is 12.6 Å². The Labute approximate surface area is 168 Å². The molecule has 1 atom stereocenters. The molecule has 0 aliphatic rings. The molecule has 1 amide bonds. The number of nitrogens with one attached hydrogen (secondary N) is 1. The number of hydrogen-bond donors (Lipinski definition) is 1. The van der Waals surface area contributed by atoms with Gasteiger partial charge in [-0.2, -0.15) is 0 Å². The van der Waals surface area contributed by atoms with Crippen LogP contribution in [0.2, 0.25) is 0 Å². The van der Waals surface area contributed by atoms with Gasteiger partial charge in [-0.05, 0) is 37.8 Å². The molecule has 2 heterocycles. The van der Waals surface area contributed by atoms with Crippen molar-refractivity contribution in [3.05, 3.63) is 34.6 Å². The Morgan fingerprint density at radius 3 is 2.68 bits per heavy atom. The smallest absolute Gasteiger partial charge is 0.262 e. The molecule has 150 valence electrons. The zero-order valence-corrected chi connectivity index (χ0v) is 17.6. The van der Waals surface area contributed by atoms with Gasteiger partial charge in [0.1, 0.15) is 0 Å². The lowest BCUT2D eigenvalue weighted by Gasteiger charge is -2.13. The van der Waals surface area contributed by atoms with Gasteiger partial charge < -0.3 is 5.32 Å². The monoisotopic (exact) mass is 401 g/mol. The lowest BCUT2D eigenvalue weighted by atomic mass is 10.1. The van der Waals surface area contributed by atoms with Crippen LogP contribution < -0.4 is 10.9 Å². The molecule has 2 aromatic heterocycles. The molecule has 1 aromatic carbocycles. The first-order chi connectivity index (χ1) is 13.4. The highest BCUT2D eigenvalue weighted by Gasteiger charge is 2.18. The number of amides is 1. The van der Waals surface area contributed by atoms with Crippen LogP contribution in [0.15, 0.2) is 34.2 Å². The number of nitrogens with zero attached hydrogens (tertiary/aromatic N) is 4. The highest BCUT2D eigenvalue weighted by Crippen LogP contribution is 2.22. The maximum absolute atomic E-state index is 13.0. The summed E-state index contributed by atoms with van der Waals surface area (Å²) in [4.78, 5) is 25.2. The van der Waals surface area contributed by atoms with Crippen molar-refractivity contribution in [2.75, 3.05) is 5.75 Å². The van der Waals surface area contributed by atoms with Crippen molar-refractivity contribution in [1.29, 1.82) is 0 Å². The highest BCUT2D eigenvalue weighted by atomic mass is 32.2. The van der Waals surface area contributed by atoms with Crippen molar-refractivity contribution in [3.8, 4) is 0 Å². The third-order valence-electron chi connectivity index (χ3n) is 4.76. The summed E-state index contributed by atoms with van der Waals surface area (Å²) >= 11 is 1.33. The normalized spacial score (nSPS) is 12.8. The molecule has 3 aromatic rings. The molecule has 0 bridgehead atoms. The van der Waals surface area contributed by atoms with Gasteiger partial charge in [-0.1, -0.05) is 44.7 Å². The second kappa shape index (κ2) is 8.77. The minimum atomic E-state index is -0.0535. The molecule has 0 radical (unpaired) electrons. The topological polar surface area (TPSA) is 81.3 Å². The van der Waals surface area contributed by atoms with E-state index in [1.807, 2.05) is 42.5 Å². The Morgan fingerprint density at radius 2 is 1.96 bits per heavy atom. The largest absolute Gasteiger partial charge is 0.353 e. The van der Waals surface area contributed by atoms with Gasteiger partial charge in [-0.15, -0.1) is 10.2 Å². The van der Waals surface area contributed by atoms with Crippen LogP contribution in [-0.4, -0.2) is 36.9 Å². The van der Waals surface area contributed by atoms with E-state index in [0.717, 1.165) is 18.4 Å². The van der Waals surface area contributed by atoms with Crippen LogP contribution in [0, 0.1) is 5.92 Å². The summed E-state index contributed by atoms with van der Waals surface area (Å²) in [5, 5.41) is 12.8. The van der Waals surface area contributed by atoms with Crippen molar-refractivity contribution in [3.63, 3.8) is 0 Å². The van der Waals surface area contributed by atoms with Crippen LogP contribution in [0.4, 0.5) is 0 Å². The molecular formula is C20H27N5O2S. The van der Waals surface area contributed by atoms with Gasteiger partial charge in [0.2, 0.25) is 11.7 Å². The number of aromatic nitrogens is 4. The quantitative estimate of drug-likeness (QED) is 0.587. The van der Waals surface area contributed by atoms with Crippen LogP contribution in [0.1, 0.15) is 40.5 Å². The van der Waals surface area contributed by atoms with Crippen molar-refractivity contribution >= 4 is 34.3 Å². The molecule has 1 N–H and O–H groups in total. The van der Waals surface area contributed by atoms with Gasteiger partial charge in [0.05, 0.1) is 16.7 Å². The van der Waals surface area contributed by atoms with E-state index in [1.165, 1.54) is 11.8 Å². The summed E-state index contributed by atoms with van der Waals surface area (Å²) in [7, 11) is 0. The standard InChI is InChI=1S/C20H27N5O2S/c1-5-14(4)21-17(26)12-28-20-23-22-19-24(11-10-13(2)3)18(27)15-8-6-7-9-16(15)25(19)20/h6-9,13-14H,5,10-12H2,1-4H3,(H,21,26)/t14-/m1/s1. The predicted molar refractivity (Wildman–Crippen MR) is 113 cm³/mol. The highest BCUT2D eigenvalue weighted by molar-refractivity contribution is 7.99. The third-order valence-corrected chi connectivity index (χ3v) is 5.69. The fourth-order valence-corrected chi connectivity index (χ4v) is 3.72. The number of thioether (sulfide) groups is 1. The summed E-state index contributed by atoms with van der Waals surface area (Å²) in [6.45, 7) is 8.86. The number of para-hydroxylation sites is 1. The lowest BCUT2D eigenvalue weighted by Crippen LogP contribution is -2.33. The Balaban J connectivity index is 2.01. The third kappa shape index (κ3) is 4.22. The number of rotatable bonds is 8. The molecule has 0 saturated heterocycles. The van der Waals surface area contributed by atoms with E-state index >= 15 is 0 Å². The zero-order chi connectivity index (χ0) is 20.3. The van der Waals surface area contributed by atoms with E-state index in [1.54, 1.807) is 4.57 Å². The molecule has 0 fully saturated rings. The van der Waals surface area contributed by atoms with Gasteiger partial charge in [-0.3, -0.25) is 18.6 Å². The number of hydrogen-bond acceptors (Lipinski definition) is 5. The Bertz CT molecular complexity index is 1040. The first kappa shape index (κ1) is 20.4. The predicted octanol–water partition coefficient (Wildman–Crippen LogP) is 3.10. The van der Waals surface area contributed by atoms with Gasteiger partial charge in [0.25, 0.3) is 5.56 Å². The number of benzene rings is 1. The molecule has 0 aliphatic heterocycles. The Hall–Kier alpha value is -2.35. The summed E-state index contributed by atoms with van der Waals surface area (Å²) in [5.41, 5.74) is 0.709. The molecule has 0 aliphatic carbocycles. The maximum Gasteiger partial charge on any atom is 0.262 e. The van der Waals surface area contributed by atoms with Crippen molar-refractivity contribution in [1.82, 2.24) is 24.5 Å². The molecule has 0 saturated carbocycles. The van der Waals surface area contributed by atoms with E-state index < -0.39 is 0 Å². The van der Waals surface area contributed by atoms with Crippen LogP contribution in [-0.2, 0) is 11.3 Å². The summed E-state index contributed by atoms with van der Waals surface area (Å²) in [6, 6.07) is 7.62. The van der Waals surface area contributed by atoms with E-state index in [9.17, 15) is 9.59 Å². The first-order valence-corrected chi connectivity index (χ1v) is 10.7. The molecule has 8 heteroatoms. The zero-order valence-electron chi connectivity index (χ0n) is 16.8.